The lowest BCUT2D eigenvalue weighted by atomic mass is 10.1. The zero-order valence-electron chi connectivity index (χ0n) is 9.40. The molecular formula is C12H15N3O. The number of rotatable bonds is 2. The predicted molar refractivity (Wildman–Crippen MR) is 64.0 cm³/mol. The van der Waals surface area contributed by atoms with Crippen LogP contribution in [0.1, 0.15) is 30.2 Å². The average Bonchev–Trinajstić information content (AvgIpc) is 2.70. The van der Waals surface area contributed by atoms with E-state index in [1.807, 2.05) is 24.4 Å². The summed E-state index contributed by atoms with van der Waals surface area (Å²) < 4.78 is 2.13. The predicted octanol–water partition coefficient (Wildman–Crippen LogP) is 1.83. The molecule has 1 amide bonds. The maximum atomic E-state index is 11.4. The van der Waals surface area contributed by atoms with Crippen molar-refractivity contribution in [1.29, 1.82) is 0 Å². The van der Waals surface area contributed by atoms with Gasteiger partial charge in [0.25, 0.3) is 5.91 Å². The van der Waals surface area contributed by atoms with Crippen LogP contribution in [0, 0.1) is 0 Å². The van der Waals surface area contributed by atoms with Crippen molar-refractivity contribution in [3.8, 4) is 0 Å². The van der Waals surface area contributed by atoms with Crippen molar-refractivity contribution in [2.75, 3.05) is 0 Å². The molecule has 0 aliphatic carbocycles. The van der Waals surface area contributed by atoms with E-state index in [-0.39, 0.29) is 5.91 Å². The third-order valence-corrected chi connectivity index (χ3v) is 2.67. The van der Waals surface area contributed by atoms with Crippen LogP contribution >= 0.6 is 0 Å². The van der Waals surface area contributed by atoms with Crippen LogP contribution in [0.25, 0.3) is 10.9 Å². The minimum absolute atomic E-state index is 0.265. The van der Waals surface area contributed by atoms with E-state index in [0.29, 0.717) is 11.6 Å². The first-order chi connectivity index (χ1) is 7.63. The molecule has 1 heterocycles. The van der Waals surface area contributed by atoms with Crippen LogP contribution in [0.2, 0.25) is 0 Å². The molecule has 0 spiro atoms. The van der Waals surface area contributed by atoms with Crippen LogP contribution < -0.4 is 11.3 Å². The molecular weight excluding hydrogens is 202 g/mol. The molecule has 16 heavy (non-hydrogen) atoms. The maximum Gasteiger partial charge on any atom is 0.265 e. The second kappa shape index (κ2) is 3.98. The van der Waals surface area contributed by atoms with E-state index >= 15 is 0 Å². The van der Waals surface area contributed by atoms with Gasteiger partial charge in [0.2, 0.25) is 0 Å². The molecule has 0 atom stereocenters. The minimum Gasteiger partial charge on any atom is -0.345 e. The quantitative estimate of drug-likeness (QED) is 0.458. The van der Waals surface area contributed by atoms with Crippen LogP contribution in [-0.4, -0.2) is 10.5 Å². The van der Waals surface area contributed by atoms with Crippen LogP contribution in [0.3, 0.4) is 0 Å². The van der Waals surface area contributed by atoms with Crippen LogP contribution in [0.5, 0.6) is 0 Å². The first-order valence-electron chi connectivity index (χ1n) is 5.25. The third-order valence-electron chi connectivity index (χ3n) is 2.67. The summed E-state index contributed by atoms with van der Waals surface area (Å²) in [5.41, 5.74) is 3.77. The molecule has 84 valence electrons. The van der Waals surface area contributed by atoms with Gasteiger partial charge in [-0.25, -0.2) is 5.84 Å². The average molecular weight is 217 g/mol. The molecule has 2 aromatic rings. The SMILES string of the molecule is CC(C)n1ccc2ccc(C(=O)NN)cc21. The Bertz CT molecular complexity index is 528. The lowest BCUT2D eigenvalue weighted by molar-refractivity contribution is 0.0954. The molecule has 1 aromatic heterocycles. The summed E-state index contributed by atoms with van der Waals surface area (Å²) in [6.07, 6.45) is 2.03. The Morgan fingerprint density at radius 2 is 2.12 bits per heavy atom. The first kappa shape index (κ1) is 10.7. The molecule has 0 unspecified atom stereocenters. The number of carbonyl (C=O) groups excluding carboxylic acids is 1. The molecule has 0 saturated heterocycles. The van der Waals surface area contributed by atoms with Gasteiger partial charge in [-0.05, 0) is 37.4 Å². The fourth-order valence-corrected chi connectivity index (χ4v) is 1.82. The molecule has 1 aromatic carbocycles. The molecule has 0 aliphatic heterocycles. The monoisotopic (exact) mass is 217 g/mol. The van der Waals surface area contributed by atoms with Crippen LogP contribution in [-0.2, 0) is 0 Å². The number of hydrazine groups is 1. The van der Waals surface area contributed by atoms with Crippen molar-refractivity contribution in [3.63, 3.8) is 0 Å². The molecule has 0 fully saturated rings. The minimum atomic E-state index is -0.265. The van der Waals surface area contributed by atoms with Gasteiger partial charge in [0.15, 0.2) is 0 Å². The number of aromatic nitrogens is 1. The Kier molecular flexibility index (Phi) is 2.66. The molecule has 0 bridgehead atoms. The van der Waals surface area contributed by atoms with E-state index in [1.165, 1.54) is 0 Å². The summed E-state index contributed by atoms with van der Waals surface area (Å²) in [6, 6.07) is 7.97. The Morgan fingerprint density at radius 1 is 1.38 bits per heavy atom. The summed E-state index contributed by atoms with van der Waals surface area (Å²) in [5, 5.41) is 1.13. The van der Waals surface area contributed by atoms with E-state index in [2.05, 4.69) is 23.8 Å². The highest BCUT2D eigenvalue weighted by Crippen LogP contribution is 2.21. The fraction of sp³-hybridized carbons (Fsp3) is 0.250. The Labute approximate surface area is 94.0 Å². The van der Waals surface area contributed by atoms with Gasteiger partial charge in [0.1, 0.15) is 0 Å². The number of benzene rings is 1. The number of nitrogens with zero attached hydrogens (tertiary/aromatic N) is 1. The first-order valence-corrected chi connectivity index (χ1v) is 5.25. The smallest absolute Gasteiger partial charge is 0.265 e. The number of carbonyl (C=O) groups is 1. The van der Waals surface area contributed by atoms with Gasteiger partial charge in [0.05, 0.1) is 0 Å². The van der Waals surface area contributed by atoms with Gasteiger partial charge in [-0.3, -0.25) is 10.2 Å². The Balaban J connectivity index is 2.58. The molecule has 0 saturated carbocycles. The number of hydrogen-bond acceptors (Lipinski definition) is 2. The maximum absolute atomic E-state index is 11.4. The van der Waals surface area contributed by atoms with Crippen molar-refractivity contribution in [1.82, 2.24) is 9.99 Å². The number of hydrogen-bond donors (Lipinski definition) is 2. The van der Waals surface area contributed by atoms with Crippen molar-refractivity contribution >= 4 is 16.8 Å². The third kappa shape index (κ3) is 1.67. The van der Waals surface area contributed by atoms with Gasteiger partial charge in [-0.2, -0.15) is 0 Å². The molecule has 0 radical (unpaired) electrons. The van der Waals surface area contributed by atoms with Crippen molar-refractivity contribution in [3.05, 3.63) is 36.0 Å². The number of nitrogen functional groups attached to an aromatic ring is 1. The van der Waals surface area contributed by atoms with E-state index in [1.54, 1.807) is 6.07 Å². The molecule has 4 nitrogen and oxygen atoms in total. The number of nitrogens with two attached hydrogens (primary N) is 1. The zero-order valence-corrected chi connectivity index (χ0v) is 9.40. The highest BCUT2D eigenvalue weighted by Gasteiger charge is 2.08. The van der Waals surface area contributed by atoms with Crippen LogP contribution in [0.15, 0.2) is 30.5 Å². The van der Waals surface area contributed by atoms with Gasteiger partial charge < -0.3 is 4.57 Å². The normalized spacial score (nSPS) is 11.0. The lowest BCUT2D eigenvalue weighted by Crippen LogP contribution is -2.29. The topological polar surface area (TPSA) is 60.0 Å². The van der Waals surface area contributed by atoms with E-state index in [4.69, 9.17) is 5.84 Å². The highest BCUT2D eigenvalue weighted by atomic mass is 16.2. The van der Waals surface area contributed by atoms with Crippen molar-refractivity contribution in [2.24, 2.45) is 5.84 Å². The summed E-state index contributed by atoms with van der Waals surface area (Å²) >= 11 is 0. The van der Waals surface area contributed by atoms with E-state index < -0.39 is 0 Å². The summed E-state index contributed by atoms with van der Waals surface area (Å²) in [6.45, 7) is 4.21. The second-order valence-corrected chi connectivity index (χ2v) is 4.06. The van der Waals surface area contributed by atoms with Crippen molar-refractivity contribution < 1.29 is 4.79 Å². The highest BCUT2D eigenvalue weighted by molar-refractivity contribution is 5.97. The fourth-order valence-electron chi connectivity index (χ4n) is 1.82. The number of fused-ring (bicyclic) bond motifs is 1. The second-order valence-electron chi connectivity index (χ2n) is 4.06. The molecule has 0 aliphatic rings. The summed E-state index contributed by atoms with van der Waals surface area (Å²) in [5.74, 6) is 4.85. The van der Waals surface area contributed by atoms with Crippen molar-refractivity contribution in [2.45, 2.75) is 19.9 Å². The lowest BCUT2D eigenvalue weighted by Gasteiger charge is -2.09. The molecule has 2 rings (SSSR count). The van der Waals surface area contributed by atoms with Gasteiger partial charge in [-0.1, -0.05) is 6.07 Å². The van der Waals surface area contributed by atoms with Gasteiger partial charge >= 0.3 is 0 Å². The standard InChI is InChI=1S/C12H15N3O/c1-8(2)15-6-5-9-3-4-10(7-11(9)15)12(16)14-13/h3-8H,13H2,1-2H3,(H,14,16). The Morgan fingerprint density at radius 3 is 2.75 bits per heavy atom. The van der Waals surface area contributed by atoms with Gasteiger partial charge in [0, 0.05) is 23.3 Å². The number of nitrogens with one attached hydrogen (secondary N) is 1. The van der Waals surface area contributed by atoms with Crippen LogP contribution in [0.4, 0.5) is 0 Å². The largest absolute Gasteiger partial charge is 0.345 e. The molecule has 3 N–H and O–H groups in total. The van der Waals surface area contributed by atoms with Gasteiger partial charge in [-0.15, -0.1) is 0 Å². The molecule has 4 heteroatoms. The van der Waals surface area contributed by atoms with E-state index in [0.717, 1.165) is 10.9 Å². The Hall–Kier alpha value is -1.81. The summed E-state index contributed by atoms with van der Waals surface area (Å²) in [4.78, 5) is 11.4. The number of amides is 1. The summed E-state index contributed by atoms with van der Waals surface area (Å²) in [7, 11) is 0. The zero-order chi connectivity index (χ0) is 11.7. The van der Waals surface area contributed by atoms with E-state index in [9.17, 15) is 4.79 Å².